The van der Waals surface area contributed by atoms with E-state index in [4.69, 9.17) is 5.73 Å². The van der Waals surface area contributed by atoms with Crippen molar-refractivity contribution in [1.29, 1.82) is 0 Å². The molecule has 1 aromatic rings. The lowest BCUT2D eigenvalue weighted by Crippen LogP contribution is -2.37. The lowest BCUT2D eigenvalue weighted by molar-refractivity contribution is 0.519. The highest BCUT2D eigenvalue weighted by atomic mass is 32.2. The van der Waals surface area contributed by atoms with E-state index < -0.39 is 16.0 Å². The van der Waals surface area contributed by atoms with E-state index in [0.29, 0.717) is 5.69 Å². The maximum absolute atomic E-state index is 12.9. The monoisotopic (exact) mass is 247 g/mol. The summed E-state index contributed by atoms with van der Waals surface area (Å²) in [4.78, 5) is 0. The summed E-state index contributed by atoms with van der Waals surface area (Å²) in [6.07, 6.45) is 0. The van der Waals surface area contributed by atoms with Gasteiger partial charge >= 0.3 is 10.2 Å². The Morgan fingerprint density at radius 3 is 2.25 bits per heavy atom. The van der Waals surface area contributed by atoms with Gasteiger partial charge in [0.1, 0.15) is 5.82 Å². The number of hydrogen-bond donors (Lipinski definition) is 1. The Morgan fingerprint density at radius 2 is 1.81 bits per heavy atom. The van der Waals surface area contributed by atoms with E-state index >= 15 is 0 Å². The maximum Gasteiger partial charge on any atom is 0.303 e. The van der Waals surface area contributed by atoms with Crippen LogP contribution in [-0.4, -0.2) is 33.9 Å². The van der Waals surface area contributed by atoms with Gasteiger partial charge in [-0.05, 0) is 18.2 Å². The zero-order chi connectivity index (χ0) is 12.5. The van der Waals surface area contributed by atoms with Crippen LogP contribution in [0.5, 0.6) is 0 Å². The van der Waals surface area contributed by atoms with Crippen molar-refractivity contribution >= 4 is 21.6 Å². The molecule has 90 valence electrons. The van der Waals surface area contributed by atoms with Crippen molar-refractivity contribution in [1.82, 2.24) is 4.31 Å². The van der Waals surface area contributed by atoms with Crippen LogP contribution in [0.2, 0.25) is 0 Å². The summed E-state index contributed by atoms with van der Waals surface area (Å²) in [6.45, 7) is 0. The van der Waals surface area contributed by atoms with Gasteiger partial charge in [0.2, 0.25) is 0 Å². The number of anilines is 2. The van der Waals surface area contributed by atoms with E-state index in [9.17, 15) is 12.8 Å². The van der Waals surface area contributed by atoms with Gasteiger partial charge in [-0.2, -0.15) is 12.7 Å². The molecule has 0 atom stereocenters. The number of nitrogens with two attached hydrogens (primary N) is 1. The first kappa shape index (κ1) is 12.7. The molecule has 0 aromatic heterocycles. The molecule has 16 heavy (non-hydrogen) atoms. The van der Waals surface area contributed by atoms with Crippen LogP contribution in [-0.2, 0) is 10.2 Å². The molecule has 0 saturated carbocycles. The zero-order valence-corrected chi connectivity index (χ0v) is 10.1. The molecule has 0 aliphatic heterocycles. The summed E-state index contributed by atoms with van der Waals surface area (Å²) in [5.74, 6) is -0.570. The van der Waals surface area contributed by atoms with Gasteiger partial charge in [-0.15, -0.1) is 0 Å². The van der Waals surface area contributed by atoms with Crippen LogP contribution in [0, 0.1) is 5.82 Å². The molecule has 7 heteroatoms. The maximum atomic E-state index is 12.9. The van der Waals surface area contributed by atoms with Gasteiger partial charge in [0, 0.05) is 21.1 Å². The molecule has 0 aliphatic rings. The molecule has 0 unspecified atom stereocenters. The molecule has 0 aliphatic carbocycles. The zero-order valence-electron chi connectivity index (χ0n) is 9.31. The molecule has 0 amide bonds. The third-order valence-corrected chi connectivity index (χ3v) is 3.98. The van der Waals surface area contributed by atoms with Crippen LogP contribution in [0.3, 0.4) is 0 Å². The second-order valence-corrected chi connectivity index (χ2v) is 5.64. The van der Waals surface area contributed by atoms with Gasteiger partial charge in [0.15, 0.2) is 0 Å². The first-order valence-corrected chi connectivity index (χ1v) is 5.88. The van der Waals surface area contributed by atoms with Gasteiger partial charge in [0.05, 0.1) is 11.4 Å². The number of rotatable bonds is 3. The van der Waals surface area contributed by atoms with Crippen molar-refractivity contribution in [2.45, 2.75) is 0 Å². The van der Waals surface area contributed by atoms with E-state index in [1.165, 1.54) is 33.3 Å². The Balaban J connectivity index is 3.16. The summed E-state index contributed by atoms with van der Waals surface area (Å²) in [5.41, 5.74) is 5.60. The minimum atomic E-state index is -3.57. The Kier molecular flexibility index (Phi) is 3.39. The standard InChI is InChI=1S/C9H14FN3O2S/c1-12(2)16(14,15)13(3)7-4-5-8(10)9(11)6-7/h4-6H,11H2,1-3H3. The molecule has 0 spiro atoms. The first-order chi connectivity index (χ1) is 7.26. The molecule has 0 fully saturated rings. The average molecular weight is 247 g/mol. The second kappa shape index (κ2) is 4.26. The lowest BCUT2D eigenvalue weighted by Gasteiger charge is -2.23. The van der Waals surface area contributed by atoms with E-state index in [1.807, 2.05) is 0 Å². The fourth-order valence-electron chi connectivity index (χ4n) is 1.11. The minimum Gasteiger partial charge on any atom is -0.396 e. The van der Waals surface area contributed by atoms with E-state index in [-0.39, 0.29) is 5.69 Å². The van der Waals surface area contributed by atoms with Gasteiger partial charge < -0.3 is 5.73 Å². The van der Waals surface area contributed by atoms with E-state index in [1.54, 1.807) is 0 Å². The quantitative estimate of drug-likeness (QED) is 0.797. The molecule has 5 nitrogen and oxygen atoms in total. The molecular formula is C9H14FN3O2S. The van der Waals surface area contributed by atoms with Gasteiger partial charge in [-0.1, -0.05) is 0 Å². The summed E-state index contributed by atoms with van der Waals surface area (Å²) >= 11 is 0. The Morgan fingerprint density at radius 1 is 1.25 bits per heavy atom. The van der Waals surface area contributed by atoms with E-state index in [0.717, 1.165) is 14.7 Å². The molecular weight excluding hydrogens is 233 g/mol. The number of benzene rings is 1. The first-order valence-electron chi connectivity index (χ1n) is 4.48. The highest BCUT2D eigenvalue weighted by Gasteiger charge is 2.21. The highest BCUT2D eigenvalue weighted by molar-refractivity contribution is 7.90. The minimum absolute atomic E-state index is 0.0849. The van der Waals surface area contributed by atoms with Crippen molar-refractivity contribution in [3.63, 3.8) is 0 Å². The van der Waals surface area contributed by atoms with Crippen LogP contribution < -0.4 is 10.0 Å². The molecule has 0 heterocycles. The van der Waals surface area contributed by atoms with Crippen molar-refractivity contribution < 1.29 is 12.8 Å². The van der Waals surface area contributed by atoms with E-state index in [2.05, 4.69) is 0 Å². The summed E-state index contributed by atoms with van der Waals surface area (Å²) in [7, 11) is 0.637. The van der Waals surface area contributed by atoms with Crippen molar-refractivity contribution in [3.8, 4) is 0 Å². The third-order valence-electron chi connectivity index (χ3n) is 2.15. The Hall–Kier alpha value is -1.34. The highest BCUT2D eigenvalue weighted by Crippen LogP contribution is 2.22. The summed E-state index contributed by atoms with van der Waals surface area (Å²) in [5, 5.41) is 0. The average Bonchev–Trinajstić information content (AvgIpc) is 2.20. The predicted octanol–water partition coefficient (Wildman–Crippen LogP) is 0.651. The smallest absolute Gasteiger partial charge is 0.303 e. The van der Waals surface area contributed by atoms with Crippen molar-refractivity contribution in [2.24, 2.45) is 0 Å². The number of nitrogens with zero attached hydrogens (tertiary/aromatic N) is 2. The topological polar surface area (TPSA) is 66.6 Å². The summed E-state index contributed by atoms with van der Waals surface area (Å²) < 4.78 is 38.5. The number of nitrogen functional groups attached to an aromatic ring is 1. The van der Waals surface area contributed by atoms with Crippen LogP contribution in [0.15, 0.2) is 18.2 Å². The van der Waals surface area contributed by atoms with Crippen LogP contribution in [0.1, 0.15) is 0 Å². The molecule has 1 aromatic carbocycles. The Bertz CT molecular complexity index is 488. The third kappa shape index (κ3) is 2.25. The molecule has 0 saturated heterocycles. The largest absolute Gasteiger partial charge is 0.396 e. The van der Waals surface area contributed by atoms with Gasteiger partial charge in [-0.25, -0.2) is 4.39 Å². The second-order valence-electron chi connectivity index (χ2n) is 3.46. The van der Waals surface area contributed by atoms with Gasteiger partial charge in [-0.3, -0.25) is 4.31 Å². The molecule has 0 radical (unpaired) electrons. The normalized spacial score (nSPS) is 11.8. The van der Waals surface area contributed by atoms with Gasteiger partial charge in [0.25, 0.3) is 0 Å². The fourth-order valence-corrected chi connectivity index (χ4v) is 1.98. The lowest BCUT2D eigenvalue weighted by atomic mass is 10.3. The summed E-state index contributed by atoms with van der Waals surface area (Å²) in [6, 6.07) is 3.76. The van der Waals surface area contributed by atoms with Crippen molar-refractivity contribution in [3.05, 3.63) is 24.0 Å². The number of halogens is 1. The molecule has 1 rings (SSSR count). The SMILES string of the molecule is CN(C)S(=O)(=O)N(C)c1ccc(F)c(N)c1. The van der Waals surface area contributed by atoms with Crippen LogP contribution >= 0.6 is 0 Å². The molecule has 2 N–H and O–H groups in total. The van der Waals surface area contributed by atoms with Crippen LogP contribution in [0.25, 0.3) is 0 Å². The van der Waals surface area contributed by atoms with Crippen LogP contribution in [0.4, 0.5) is 15.8 Å². The van der Waals surface area contributed by atoms with Crippen molar-refractivity contribution in [2.75, 3.05) is 31.2 Å². The molecule has 0 bridgehead atoms. The predicted molar refractivity (Wildman–Crippen MR) is 61.8 cm³/mol. The number of hydrogen-bond acceptors (Lipinski definition) is 3. The fraction of sp³-hybridized carbons (Fsp3) is 0.333. The Labute approximate surface area is 94.4 Å².